The minimum atomic E-state index is -0.00204. The molecule has 11 heavy (non-hydrogen) atoms. The van der Waals surface area contributed by atoms with Crippen LogP contribution in [0, 0.1) is 5.92 Å². The first-order chi connectivity index (χ1) is 5.34. The molecule has 0 aromatic heterocycles. The molecule has 0 saturated heterocycles. The van der Waals surface area contributed by atoms with E-state index in [0.717, 1.165) is 6.42 Å². The number of hydrogen-bond acceptors (Lipinski definition) is 1. The molecule has 0 radical (unpaired) electrons. The van der Waals surface area contributed by atoms with Crippen LogP contribution < -0.4 is 0 Å². The van der Waals surface area contributed by atoms with Gasteiger partial charge in [0.1, 0.15) is 0 Å². The molecule has 0 aromatic rings. The summed E-state index contributed by atoms with van der Waals surface area (Å²) in [6.45, 7) is 2.02. The van der Waals surface area contributed by atoms with Gasteiger partial charge >= 0.3 is 0 Å². The Morgan fingerprint density at radius 1 is 1.45 bits per heavy atom. The number of hydrogen-bond donors (Lipinski definition) is 0. The van der Waals surface area contributed by atoms with E-state index in [1.54, 1.807) is 6.08 Å². The molecule has 1 heteroatoms. The maximum absolute atomic E-state index is 11.2. The normalized spacial score (nSPS) is 16.8. The van der Waals surface area contributed by atoms with Gasteiger partial charge in [-0.1, -0.05) is 37.3 Å². The zero-order chi connectivity index (χ0) is 8.10. The van der Waals surface area contributed by atoms with Gasteiger partial charge in [-0.2, -0.15) is 0 Å². The lowest BCUT2D eigenvalue weighted by atomic mass is 10.1. The van der Waals surface area contributed by atoms with E-state index in [1.165, 1.54) is 0 Å². The van der Waals surface area contributed by atoms with Gasteiger partial charge in [0.15, 0.2) is 5.78 Å². The van der Waals surface area contributed by atoms with Gasteiger partial charge in [-0.25, -0.2) is 0 Å². The molecule has 0 aromatic carbocycles. The van der Waals surface area contributed by atoms with E-state index in [4.69, 9.17) is 0 Å². The average molecular weight is 148 g/mol. The van der Waals surface area contributed by atoms with Crippen LogP contribution >= 0.6 is 0 Å². The number of carbonyl (C=O) groups excluding carboxylic acids is 1. The summed E-state index contributed by atoms with van der Waals surface area (Å²) in [5, 5.41) is 0. The largest absolute Gasteiger partial charge is 0.294 e. The Kier molecular flexibility index (Phi) is 2.84. The molecule has 0 N–H and O–H groups in total. The number of ketones is 1. The lowest BCUT2D eigenvalue weighted by Crippen LogP contribution is -2.03. The lowest BCUT2D eigenvalue weighted by Gasteiger charge is -1.96. The van der Waals surface area contributed by atoms with Crippen LogP contribution in [0.1, 0.15) is 13.3 Å². The summed E-state index contributed by atoms with van der Waals surface area (Å²) in [6, 6.07) is 0. The van der Waals surface area contributed by atoms with E-state index in [1.807, 2.05) is 37.3 Å². The lowest BCUT2D eigenvalue weighted by molar-refractivity contribution is -0.115. The standard InChI is InChI=1S/C10H12O/c1-2-3-8-10(11)9-6-4-5-7-9/h3-9H,2H2,1H3. The maximum atomic E-state index is 11.2. The molecule has 0 spiro atoms. The molecular weight excluding hydrogens is 136 g/mol. The summed E-state index contributed by atoms with van der Waals surface area (Å²) in [6.07, 6.45) is 12.1. The predicted molar refractivity (Wildman–Crippen MR) is 46.2 cm³/mol. The highest BCUT2D eigenvalue weighted by Crippen LogP contribution is 2.10. The zero-order valence-electron chi connectivity index (χ0n) is 6.66. The number of carbonyl (C=O) groups is 1. The molecular formula is C10H12O. The summed E-state index contributed by atoms with van der Waals surface area (Å²) in [4.78, 5) is 11.2. The van der Waals surface area contributed by atoms with Crippen molar-refractivity contribution in [1.29, 1.82) is 0 Å². The minimum Gasteiger partial charge on any atom is -0.294 e. The smallest absolute Gasteiger partial charge is 0.165 e. The Balaban J connectivity index is 2.48. The molecule has 0 aliphatic heterocycles. The molecule has 1 rings (SSSR count). The number of allylic oxidation sites excluding steroid dienone is 6. The van der Waals surface area contributed by atoms with Crippen LogP contribution in [0.3, 0.4) is 0 Å². The second kappa shape index (κ2) is 3.91. The third-order valence-electron chi connectivity index (χ3n) is 1.59. The van der Waals surface area contributed by atoms with Crippen LogP contribution in [0.15, 0.2) is 36.5 Å². The Bertz CT molecular complexity index is 209. The molecule has 1 nitrogen and oxygen atoms in total. The third kappa shape index (κ3) is 2.19. The van der Waals surface area contributed by atoms with Gasteiger partial charge in [0.2, 0.25) is 0 Å². The first-order valence-electron chi connectivity index (χ1n) is 3.90. The van der Waals surface area contributed by atoms with E-state index in [2.05, 4.69) is 0 Å². The van der Waals surface area contributed by atoms with Gasteiger partial charge in [-0.3, -0.25) is 4.79 Å². The first kappa shape index (κ1) is 7.99. The van der Waals surface area contributed by atoms with Crippen molar-refractivity contribution >= 4 is 5.78 Å². The summed E-state index contributed by atoms with van der Waals surface area (Å²) in [5.74, 6) is 0.176. The van der Waals surface area contributed by atoms with Crippen molar-refractivity contribution in [2.24, 2.45) is 5.92 Å². The highest BCUT2D eigenvalue weighted by molar-refractivity contribution is 5.94. The predicted octanol–water partition coefficient (Wildman–Crippen LogP) is 2.26. The van der Waals surface area contributed by atoms with Crippen molar-refractivity contribution < 1.29 is 4.79 Å². The second-order valence-electron chi connectivity index (χ2n) is 2.51. The second-order valence-corrected chi connectivity index (χ2v) is 2.51. The van der Waals surface area contributed by atoms with Crippen LogP contribution in [0.4, 0.5) is 0 Å². The molecule has 1 aliphatic carbocycles. The molecule has 0 amide bonds. The van der Waals surface area contributed by atoms with Gasteiger partial charge in [0, 0.05) is 0 Å². The number of rotatable bonds is 3. The van der Waals surface area contributed by atoms with Crippen LogP contribution in [0.5, 0.6) is 0 Å². The highest BCUT2D eigenvalue weighted by atomic mass is 16.1. The van der Waals surface area contributed by atoms with Crippen LogP contribution in [-0.4, -0.2) is 5.78 Å². The first-order valence-corrected chi connectivity index (χ1v) is 3.90. The molecule has 0 bridgehead atoms. The highest BCUT2D eigenvalue weighted by Gasteiger charge is 2.09. The topological polar surface area (TPSA) is 17.1 Å². The Morgan fingerprint density at radius 3 is 2.64 bits per heavy atom. The third-order valence-corrected chi connectivity index (χ3v) is 1.59. The fraction of sp³-hybridized carbons (Fsp3) is 0.300. The molecule has 58 valence electrons. The van der Waals surface area contributed by atoms with Crippen LogP contribution in [0.2, 0.25) is 0 Å². The SMILES string of the molecule is CCC=CC(=O)C1C=CC=C1. The van der Waals surface area contributed by atoms with Gasteiger partial charge < -0.3 is 0 Å². The minimum absolute atomic E-state index is 0.00204. The van der Waals surface area contributed by atoms with Crippen molar-refractivity contribution in [3.05, 3.63) is 36.5 Å². The Labute approximate surface area is 67.1 Å². The van der Waals surface area contributed by atoms with Crippen LogP contribution in [-0.2, 0) is 4.79 Å². The van der Waals surface area contributed by atoms with Crippen molar-refractivity contribution in [2.45, 2.75) is 13.3 Å². The maximum Gasteiger partial charge on any atom is 0.165 e. The van der Waals surface area contributed by atoms with Gasteiger partial charge in [0.25, 0.3) is 0 Å². The van der Waals surface area contributed by atoms with Crippen LogP contribution in [0.25, 0.3) is 0 Å². The summed E-state index contributed by atoms with van der Waals surface area (Å²) >= 11 is 0. The van der Waals surface area contributed by atoms with Crippen molar-refractivity contribution in [2.75, 3.05) is 0 Å². The van der Waals surface area contributed by atoms with E-state index in [0.29, 0.717) is 0 Å². The molecule has 0 saturated carbocycles. The van der Waals surface area contributed by atoms with Gasteiger partial charge in [-0.05, 0) is 12.5 Å². The van der Waals surface area contributed by atoms with Gasteiger partial charge in [-0.15, -0.1) is 0 Å². The molecule has 1 aliphatic rings. The van der Waals surface area contributed by atoms with Crippen molar-refractivity contribution in [3.63, 3.8) is 0 Å². The summed E-state index contributed by atoms with van der Waals surface area (Å²) in [5.41, 5.74) is 0. The summed E-state index contributed by atoms with van der Waals surface area (Å²) in [7, 11) is 0. The molecule has 0 fully saturated rings. The summed E-state index contributed by atoms with van der Waals surface area (Å²) < 4.78 is 0. The van der Waals surface area contributed by atoms with Crippen molar-refractivity contribution in [3.8, 4) is 0 Å². The van der Waals surface area contributed by atoms with E-state index >= 15 is 0 Å². The fourth-order valence-corrected chi connectivity index (χ4v) is 0.967. The molecule has 0 unspecified atom stereocenters. The van der Waals surface area contributed by atoms with E-state index in [9.17, 15) is 4.79 Å². The molecule has 0 heterocycles. The fourth-order valence-electron chi connectivity index (χ4n) is 0.967. The zero-order valence-corrected chi connectivity index (χ0v) is 6.66. The van der Waals surface area contributed by atoms with Gasteiger partial charge in [0.05, 0.1) is 5.92 Å². The Hall–Kier alpha value is -1.11. The van der Waals surface area contributed by atoms with Crippen molar-refractivity contribution in [1.82, 2.24) is 0 Å². The Morgan fingerprint density at radius 2 is 2.09 bits per heavy atom. The van der Waals surface area contributed by atoms with E-state index < -0.39 is 0 Å². The monoisotopic (exact) mass is 148 g/mol. The average Bonchev–Trinajstić information content (AvgIpc) is 2.52. The quantitative estimate of drug-likeness (QED) is 0.561. The molecule has 0 atom stereocenters. The van der Waals surface area contributed by atoms with E-state index in [-0.39, 0.29) is 11.7 Å².